The zero-order chi connectivity index (χ0) is 16.4. The highest BCUT2D eigenvalue weighted by atomic mass is 35.5. The van der Waals surface area contributed by atoms with Crippen molar-refractivity contribution in [2.24, 2.45) is 9.98 Å². The van der Waals surface area contributed by atoms with E-state index in [9.17, 15) is 0 Å². The summed E-state index contributed by atoms with van der Waals surface area (Å²) in [5.74, 6) is 0. The first-order valence-electron chi connectivity index (χ1n) is 9.12. The van der Waals surface area contributed by atoms with Crippen LogP contribution in [0.4, 0.5) is 5.69 Å². The van der Waals surface area contributed by atoms with E-state index < -0.39 is 0 Å². The van der Waals surface area contributed by atoms with Crippen LogP contribution in [0, 0.1) is 0 Å². The van der Waals surface area contributed by atoms with Crippen molar-refractivity contribution in [3.63, 3.8) is 0 Å². The molecule has 1 aromatic rings. The predicted molar refractivity (Wildman–Crippen MR) is 106 cm³/mol. The van der Waals surface area contributed by atoms with Gasteiger partial charge in [0.05, 0.1) is 11.7 Å². The zero-order valence-corrected chi connectivity index (χ0v) is 15.5. The quantitative estimate of drug-likeness (QED) is 0.575. The molecule has 0 radical (unpaired) electrons. The van der Waals surface area contributed by atoms with Crippen molar-refractivity contribution in [3.05, 3.63) is 40.4 Å². The number of thioether (sulfide) groups is 1. The molecule has 0 N–H and O–H groups in total. The monoisotopic (exact) mass is 358 g/mol. The van der Waals surface area contributed by atoms with Gasteiger partial charge in [-0.05, 0) is 85.7 Å². The smallest absolute Gasteiger partial charge is 0.106 e. The first-order chi connectivity index (χ1) is 11.8. The first kappa shape index (κ1) is 16.4. The van der Waals surface area contributed by atoms with Crippen LogP contribution in [-0.4, -0.2) is 16.1 Å². The van der Waals surface area contributed by atoms with Gasteiger partial charge in [0.1, 0.15) is 10.1 Å². The fourth-order valence-corrected chi connectivity index (χ4v) is 5.15. The van der Waals surface area contributed by atoms with Gasteiger partial charge in [0.25, 0.3) is 0 Å². The second-order valence-corrected chi connectivity index (χ2v) is 8.30. The van der Waals surface area contributed by atoms with Crippen LogP contribution in [0.2, 0.25) is 5.02 Å². The number of halogens is 1. The Kier molecular flexibility index (Phi) is 5.09. The Bertz CT molecular complexity index is 697. The summed E-state index contributed by atoms with van der Waals surface area (Å²) in [7, 11) is 0. The molecule has 0 spiro atoms. The summed E-state index contributed by atoms with van der Waals surface area (Å²) < 4.78 is 0. The molecule has 4 rings (SSSR count). The second-order valence-electron chi connectivity index (χ2n) is 6.89. The number of hydrogen-bond acceptors (Lipinski definition) is 3. The molecule has 0 unspecified atom stereocenters. The molecule has 4 heteroatoms. The van der Waals surface area contributed by atoms with E-state index in [1.54, 1.807) is 11.8 Å². The summed E-state index contributed by atoms with van der Waals surface area (Å²) in [5, 5.41) is 3.20. The molecule has 0 atom stereocenters. The Morgan fingerprint density at radius 1 is 0.833 bits per heavy atom. The molecule has 24 heavy (non-hydrogen) atoms. The average Bonchev–Trinajstić information content (AvgIpc) is 2.96. The standard InChI is InChI=1S/C20H23ClN2S/c21-14-10-12-16(13-11-14)23-20-18-9-5-4-8-17(18)19(24-20)22-15-6-2-1-3-7-15/h10-13,15H,1-9H2. The minimum absolute atomic E-state index is 0.534. The van der Waals surface area contributed by atoms with Gasteiger partial charge in [-0.2, -0.15) is 0 Å². The van der Waals surface area contributed by atoms with E-state index >= 15 is 0 Å². The maximum Gasteiger partial charge on any atom is 0.106 e. The van der Waals surface area contributed by atoms with E-state index in [4.69, 9.17) is 21.6 Å². The highest BCUT2D eigenvalue weighted by Crippen LogP contribution is 2.41. The lowest BCUT2D eigenvalue weighted by Gasteiger charge is -2.19. The average molecular weight is 359 g/mol. The summed E-state index contributed by atoms with van der Waals surface area (Å²) in [4.78, 5) is 10.1. The van der Waals surface area contributed by atoms with Crippen LogP contribution in [0.1, 0.15) is 57.8 Å². The van der Waals surface area contributed by atoms with Gasteiger partial charge in [0.2, 0.25) is 0 Å². The Labute approximate surface area is 153 Å². The molecule has 0 aromatic heterocycles. The molecule has 1 fully saturated rings. The lowest BCUT2D eigenvalue weighted by molar-refractivity contribution is 0.444. The summed E-state index contributed by atoms with van der Waals surface area (Å²) >= 11 is 7.79. The van der Waals surface area contributed by atoms with Crippen LogP contribution < -0.4 is 0 Å². The van der Waals surface area contributed by atoms with E-state index in [2.05, 4.69) is 0 Å². The highest BCUT2D eigenvalue weighted by Gasteiger charge is 2.30. The normalized spacial score (nSPS) is 25.5. The van der Waals surface area contributed by atoms with Gasteiger partial charge in [-0.3, -0.25) is 4.99 Å². The lowest BCUT2D eigenvalue weighted by atomic mass is 9.92. The number of rotatable bonds is 2. The van der Waals surface area contributed by atoms with E-state index in [1.165, 1.54) is 72.6 Å². The van der Waals surface area contributed by atoms with Gasteiger partial charge in [0, 0.05) is 5.02 Å². The summed E-state index contributed by atoms with van der Waals surface area (Å²) in [6.07, 6.45) is 11.5. The molecule has 1 heterocycles. The number of benzene rings is 1. The Morgan fingerprint density at radius 2 is 1.50 bits per heavy atom. The van der Waals surface area contributed by atoms with Gasteiger partial charge in [-0.15, -0.1) is 0 Å². The van der Waals surface area contributed by atoms with Crippen LogP contribution in [0.25, 0.3) is 0 Å². The lowest BCUT2D eigenvalue weighted by Crippen LogP contribution is -2.12. The predicted octanol–water partition coefficient (Wildman–Crippen LogP) is 6.72. The van der Waals surface area contributed by atoms with E-state index in [-0.39, 0.29) is 0 Å². The summed E-state index contributed by atoms with van der Waals surface area (Å²) in [6, 6.07) is 8.35. The van der Waals surface area contributed by atoms with E-state index in [0.29, 0.717) is 6.04 Å². The molecule has 1 saturated carbocycles. The summed E-state index contributed by atoms with van der Waals surface area (Å²) in [5.41, 5.74) is 3.93. The van der Waals surface area contributed by atoms with Crippen molar-refractivity contribution in [1.82, 2.24) is 0 Å². The maximum absolute atomic E-state index is 5.99. The van der Waals surface area contributed by atoms with E-state index in [1.807, 2.05) is 24.3 Å². The van der Waals surface area contributed by atoms with Crippen molar-refractivity contribution >= 4 is 39.1 Å². The van der Waals surface area contributed by atoms with Crippen molar-refractivity contribution in [1.29, 1.82) is 0 Å². The molecule has 1 aliphatic heterocycles. The SMILES string of the molecule is Clc1ccc(N=C2SC(=NC3CCCCC3)C3=C2CCCC3)cc1. The molecular weight excluding hydrogens is 336 g/mol. The topological polar surface area (TPSA) is 24.7 Å². The first-order valence-corrected chi connectivity index (χ1v) is 10.3. The molecule has 2 nitrogen and oxygen atoms in total. The van der Waals surface area contributed by atoms with Crippen LogP contribution in [0.3, 0.4) is 0 Å². The fraction of sp³-hybridized carbons (Fsp3) is 0.500. The molecule has 2 aliphatic carbocycles. The van der Waals surface area contributed by atoms with Crippen LogP contribution in [0.15, 0.2) is 45.4 Å². The number of aliphatic imine (C=N–C) groups is 2. The van der Waals surface area contributed by atoms with Crippen molar-refractivity contribution < 1.29 is 0 Å². The Balaban J connectivity index is 1.63. The third-order valence-electron chi connectivity index (χ3n) is 5.11. The van der Waals surface area contributed by atoms with Crippen LogP contribution in [-0.2, 0) is 0 Å². The minimum atomic E-state index is 0.534. The van der Waals surface area contributed by atoms with E-state index in [0.717, 1.165) is 17.1 Å². The third-order valence-corrected chi connectivity index (χ3v) is 6.44. The van der Waals surface area contributed by atoms with Crippen LogP contribution >= 0.6 is 23.4 Å². The van der Waals surface area contributed by atoms with Crippen molar-refractivity contribution in [3.8, 4) is 0 Å². The maximum atomic E-state index is 5.99. The number of hydrogen-bond donors (Lipinski definition) is 0. The minimum Gasteiger partial charge on any atom is -0.274 e. The molecule has 0 saturated heterocycles. The summed E-state index contributed by atoms with van der Waals surface area (Å²) in [6.45, 7) is 0. The third kappa shape index (κ3) is 3.62. The second kappa shape index (κ2) is 7.45. The fourth-order valence-electron chi connectivity index (χ4n) is 3.80. The Morgan fingerprint density at radius 3 is 2.21 bits per heavy atom. The molecule has 1 aromatic carbocycles. The van der Waals surface area contributed by atoms with Crippen LogP contribution in [0.5, 0.6) is 0 Å². The molecule has 3 aliphatic rings. The van der Waals surface area contributed by atoms with Crippen molar-refractivity contribution in [2.75, 3.05) is 0 Å². The van der Waals surface area contributed by atoms with Gasteiger partial charge < -0.3 is 0 Å². The van der Waals surface area contributed by atoms with Gasteiger partial charge in [-0.25, -0.2) is 4.99 Å². The van der Waals surface area contributed by atoms with Gasteiger partial charge in [-0.1, -0.05) is 30.9 Å². The van der Waals surface area contributed by atoms with Gasteiger partial charge in [0.15, 0.2) is 0 Å². The molecule has 0 amide bonds. The molecular formula is C20H23ClN2S. The molecule has 0 bridgehead atoms. The van der Waals surface area contributed by atoms with Gasteiger partial charge >= 0.3 is 0 Å². The largest absolute Gasteiger partial charge is 0.274 e. The number of nitrogens with zero attached hydrogens (tertiary/aromatic N) is 2. The van der Waals surface area contributed by atoms with Crippen molar-refractivity contribution in [2.45, 2.75) is 63.8 Å². The zero-order valence-electron chi connectivity index (χ0n) is 13.9. The highest BCUT2D eigenvalue weighted by molar-refractivity contribution is 8.28. The Hall–Kier alpha value is -1.06. The molecule has 126 valence electrons.